The van der Waals surface area contributed by atoms with Crippen LogP contribution >= 0.6 is 0 Å². The fourth-order valence-electron chi connectivity index (χ4n) is 4.47. The van der Waals surface area contributed by atoms with Gasteiger partial charge in [-0.3, -0.25) is 0 Å². The summed E-state index contributed by atoms with van der Waals surface area (Å²) in [5, 5.41) is 22.4. The molecule has 2 atom stereocenters. The molecule has 1 aromatic carbocycles. The quantitative estimate of drug-likeness (QED) is 0.452. The number of aromatic amines is 1. The molecule has 1 aliphatic carbocycles. The number of hydrogen-bond donors (Lipinski definition) is 2. The molecule has 1 saturated heterocycles. The lowest BCUT2D eigenvalue weighted by atomic mass is 10.1. The van der Waals surface area contributed by atoms with Crippen molar-refractivity contribution in [3.8, 4) is 11.6 Å². The van der Waals surface area contributed by atoms with Crippen LogP contribution in [0.15, 0.2) is 47.1 Å². The molecule has 11 heteroatoms. The van der Waals surface area contributed by atoms with Gasteiger partial charge in [0, 0.05) is 31.7 Å². The molecule has 6 rings (SSSR count). The van der Waals surface area contributed by atoms with E-state index in [1.807, 2.05) is 0 Å². The molecule has 4 heterocycles. The van der Waals surface area contributed by atoms with Gasteiger partial charge < -0.3 is 14.6 Å². The highest BCUT2D eigenvalue weighted by Crippen LogP contribution is 2.58. The van der Waals surface area contributed by atoms with E-state index in [1.165, 1.54) is 12.1 Å². The van der Waals surface area contributed by atoms with Gasteiger partial charge in [0.1, 0.15) is 11.5 Å². The van der Waals surface area contributed by atoms with Gasteiger partial charge in [0.05, 0.1) is 11.9 Å². The van der Waals surface area contributed by atoms with E-state index in [4.69, 9.17) is 4.42 Å². The number of fused-ring (bicyclic) bond motifs is 1. The molecule has 32 heavy (non-hydrogen) atoms. The molecule has 0 amide bonds. The van der Waals surface area contributed by atoms with Crippen molar-refractivity contribution in [3.05, 3.63) is 59.8 Å². The van der Waals surface area contributed by atoms with Crippen molar-refractivity contribution in [2.24, 2.45) is 11.8 Å². The van der Waals surface area contributed by atoms with E-state index >= 15 is 0 Å². The SMILES string of the molecule is Fc1ccc(CCNc2nccc(-c3nnc(N4CC5C(C4)C5c4cn[nH]n4)o3)n2)cc1. The third kappa shape index (κ3) is 3.55. The lowest BCUT2D eigenvalue weighted by Gasteiger charge is -2.15. The highest BCUT2D eigenvalue weighted by atomic mass is 19.1. The summed E-state index contributed by atoms with van der Waals surface area (Å²) in [6.45, 7) is 2.35. The van der Waals surface area contributed by atoms with Crippen LogP contribution < -0.4 is 10.2 Å². The minimum atomic E-state index is -0.239. The zero-order chi connectivity index (χ0) is 21.5. The van der Waals surface area contributed by atoms with Crippen molar-refractivity contribution in [3.63, 3.8) is 0 Å². The van der Waals surface area contributed by atoms with Crippen LogP contribution in [0.1, 0.15) is 17.2 Å². The average molecular weight is 433 g/mol. The number of nitrogens with one attached hydrogen (secondary N) is 2. The van der Waals surface area contributed by atoms with Crippen molar-refractivity contribution < 1.29 is 8.81 Å². The van der Waals surface area contributed by atoms with Gasteiger partial charge in [-0.05, 0) is 42.0 Å². The number of nitrogens with zero attached hydrogens (tertiary/aromatic N) is 7. The number of H-pyrrole nitrogens is 1. The van der Waals surface area contributed by atoms with Gasteiger partial charge in [-0.2, -0.15) is 15.4 Å². The average Bonchev–Trinajstić information content (AvgIpc) is 3.35. The first-order chi connectivity index (χ1) is 15.7. The number of anilines is 2. The molecule has 2 unspecified atom stereocenters. The molecule has 3 aromatic heterocycles. The Hall–Kier alpha value is -3.89. The first-order valence-corrected chi connectivity index (χ1v) is 10.5. The molecular weight excluding hydrogens is 413 g/mol. The summed E-state index contributed by atoms with van der Waals surface area (Å²) in [4.78, 5) is 10.8. The van der Waals surface area contributed by atoms with Gasteiger partial charge in [0.25, 0.3) is 5.89 Å². The lowest BCUT2D eigenvalue weighted by Crippen LogP contribution is -2.23. The normalized spacial score (nSPS) is 21.5. The van der Waals surface area contributed by atoms with Crippen LogP contribution in [0.4, 0.5) is 16.4 Å². The molecule has 0 bridgehead atoms. The fourth-order valence-corrected chi connectivity index (χ4v) is 4.47. The molecule has 4 aromatic rings. The van der Waals surface area contributed by atoms with Crippen molar-refractivity contribution in [1.29, 1.82) is 0 Å². The topological polar surface area (TPSA) is 122 Å². The highest BCUT2D eigenvalue weighted by Gasteiger charge is 2.58. The molecule has 1 saturated carbocycles. The van der Waals surface area contributed by atoms with E-state index < -0.39 is 0 Å². The molecular formula is C21H20FN9O. The number of hydrogen-bond acceptors (Lipinski definition) is 9. The monoisotopic (exact) mass is 433 g/mol. The number of rotatable bonds is 7. The Morgan fingerprint density at radius 1 is 1.12 bits per heavy atom. The zero-order valence-electron chi connectivity index (χ0n) is 17.0. The summed E-state index contributed by atoms with van der Waals surface area (Å²) in [6.07, 6.45) is 4.18. The number of aromatic nitrogens is 7. The Kier molecular flexibility index (Phi) is 4.51. The summed E-state index contributed by atoms with van der Waals surface area (Å²) >= 11 is 0. The maximum Gasteiger partial charge on any atom is 0.318 e. The molecule has 2 fully saturated rings. The maximum absolute atomic E-state index is 13.0. The smallest absolute Gasteiger partial charge is 0.318 e. The van der Waals surface area contributed by atoms with E-state index in [-0.39, 0.29) is 5.82 Å². The number of benzene rings is 1. The van der Waals surface area contributed by atoms with Crippen LogP contribution in [0.2, 0.25) is 0 Å². The second kappa shape index (κ2) is 7.66. The van der Waals surface area contributed by atoms with Gasteiger partial charge in [-0.15, -0.1) is 5.10 Å². The predicted octanol–water partition coefficient (Wildman–Crippen LogP) is 2.29. The second-order valence-electron chi connectivity index (χ2n) is 8.11. The third-order valence-corrected chi connectivity index (χ3v) is 6.14. The van der Waals surface area contributed by atoms with Gasteiger partial charge >= 0.3 is 6.01 Å². The summed E-state index contributed by atoms with van der Waals surface area (Å²) in [5.41, 5.74) is 2.63. The summed E-state index contributed by atoms with van der Waals surface area (Å²) < 4.78 is 18.9. The summed E-state index contributed by atoms with van der Waals surface area (Å²) in [7, 11) is 0. The molecule has 10 nitrogen and oxygen atoms in total. The highest BCUT2D eigenvalue weighted by molar-refractivity contribution is 5.50. The van der Waals surface area contributed by atoms with Crippen molar-refractivity contribution in [1.82, 2.24) is 35.6 Å². The van der Waals surface area contributed by atoms with Gasteiger partial charge in [-0.25, -0.2) is 14.4 Å². The maximum atomic E-state index is 13.0. The Bertz CT molecular complexity index is 1200. The second-order valence-corrected chi connectivity index (χ2v) is 8.11. The van der Waals surface area contributed by atoms with Crippen molar-refractivity contribution >= 4 is 12.0 Å². The van der Waals surface area contributed by atoms with E-state index in [2.05, 4.69) is 45.8 Å². The molecule has 162 valence electrons. The van der Waals surface area contributed by atoms with Crippen LogP contribution in [-0.2, 0) is 6.42 Å². The largest absolute Gasteiger partial charge is 0.402 e. The van der Waals surface area contributed by atoms with Crippen LogP contribution in [0.25, 0.3) is 11.6 Å². The standard InChI is InChI=1S/C21H20FN9O/c22-13-3-1-12(2-4-13)5-7-23-20-24-8-6-16(26-20)19-28-29-21(32-19)31-10-14-15(11-31)18(14)17-9-25-30-27-17/h1-4,6,8-9,14-15,18H,5,7,10-11H2,(H,23,24,26)(H,25,27,30). The van der Waals surface area contributed by atoms with Gasteiger partial charge in [0.15, 0.2) is 0 Å². The van der Waals surface area contributed by atoms with E-state index in [0.717, 1.165) is 30.8 Å². The minimum absolute atomic E-state index is 0.239. The van der Waals surface area contributed by atoms with Crippen LogP contribution in [0.3, 0.4) is 0 Å². The van der Waals surface area contributed by atoms with Crippen LogP contribution in [-0.4, -0.2) is 55.2 Å². The van der Waals surface area contributed by atoms with E-state index in [1.54, 1.807) is 30.6 Å². The molecule has 0 spiro atoms. The van der Waals surface area contributed by atoms with Crippen molar-refractivity contribution in [2.75, 3.05) is 29.9 Å². The Morgan fingerprint density at radius 3 is 2.75 bits per heavy atom. The Labute approximate surface area is 182 Å². The molecule has 2 N–H and O–H groups in total. The van der Waals surface area contributed by atoms with Crippen molar-refractivity contribution in [2.45, 2.75) is 12.3 Å². The summed E-state index contributed by atoms with van der Waals surface area (Å²) in [6, 6.07) is 8.70. The van der Waals surface area contributed by atoms with Crippen LogP contribution in [0, 0.1) is 17.7 Å². The number of piperidine rings is 1. The van der Waals surface area contributed by atoms with Gasteiger partial charge in [0.2, 0.25) is 5.95 Å². The first-order valence-electron chi connectivity index (χ1n) is 10.5. The first kappa shape index (κ1) is 18.8. The predicted molar refractivity (Wildman–Crippen MR) is 112 cm³/mol. The molecule has 0 radical (unpaired) electrons. The minimum Gasteiger partial charge on any atom is -0.402 e. The summed E-state index contributed by atoms with van der Waals surface area (Å²) in [5.74, 6) is 2.16. The lowest BCUT2D eigenvalue weighted by molar-refractivity contribution is 0.542. The molecule has 2 aliphatic rings. The Balaban J connectivity index is 1.07. The van der Waals surface area contributed by atoms with E-state index in [0.29, 0.717) is 47.8 Å². The van der Waals surface area contributed by atoms with Crippen LogP contribution in [0.5, 0.6) is 0 Å². The van der Waals surface area contributed by atoms with Gasteiger partial charge in [-0.1, -0.05) is 17.2 Å². The Morgan fingerprint density at radius 2 is 1.97 bits per heavy atom. The third-order valence-electron chi connectivity index (χ3n) is 6.14. The molecule has 1 aliphatic heterocycles. The fraction of sp³-hybridized carbons (Fsp3) is 0.333. The zero-order valence-corrected chi connectivity index (χ0v) is 17.0. The van der Waals surface area contributed by atoms with E-state index in [9.17, 15) is 4.39 Å². The number of halogens is 1.